The Morgan fingerprint density at radius 3 is 2.42 bits per heavy atom. The summed E-state index contributed by atoms with van der Waals surface area (Å²) >= 11 is 0. The summed E-state index contributed by atoms with van der Waals surface area (Å²) in [4.78, 5) is 39.8. The Morgan fingerprint density at radius 2 is 1.61 bits per heavy atom. The molecule has 0 fully saturated rings. The molecule has 154 valence electrons. The third kappa shape index (κ3) is 3.11. The van der Waals surface area contributed by atoms with Crippen LogP contribution in [0.5, 0.6) is 11.5 Å². The van der Waals surface area contributed by atoms with Gasteiger partial charge in [-0.05, 0) is 67.4 Å². The van der Waals surface area contributed by atoms with E-state index in [4.69, 9.17) is 9.47 Å². The van der Waals surface area contributed by atoms with Crippen molar-refractivity contribution in [3.05, 3.63) is 82.4 Å². The van der Waals surface area contributed by atoms with Gasteiger partial charge in [-0.2, -0.15) is 0 Å². The number of carbonyl (C=O) groups is 3. The summed E-state index contributed by atoms with van der Waals surface area (Å²) in [6.07, 6.45) is 0. The van der Waals surface area contributed by atoms with E-state index in [1.54, 1.807) is 24.3 Å². The monoisotopic (exact) mass is 414 g/mol. The third-order valence-electron chi connectivity index (χ3n) is 5.53. The Kier molecular flexibility index (Phi) is 4.25. The molecule has 0 atom stereocenters. The molecule has 0 saturated heterocycles. The Morgan fingerprint density at radius 1 is 0.839 bits per heavy atom. The van der Waals surface area contributed by atoms with Gasteiger partial charge in [0.15, 0.2) is 11.5 Å². The predicted octanol–water partition coefficient (Wildman–Crippen LogP) is 4.09. The van der Waals surface area contributed by atoms with Gasteiger partial charge in [0.1, 0.15) is 0 Å². The van der Waals surface area contributed by atoms with Crippen LogP contribution in [-0.4, -0.2) is 24.5 Å². The van der Waals surface area contributed by atoms with Crippen LogP contribution in [0.25, 0.3) is 0 Å². The number of hydrogen-bond donors (Lipinski definition) is 1. The van der Waals surface area contributed by atoms with Crippen molar-refractivity contribution >= 4 is 29.1 Å². The first-order valence-corrected chi connectivity index (χ1v) is 9.73. The molecule has 1 N–H and O–H groups in total. The number of anilines is 2. The fourth-order valence-corrected chi connectivity index (χ4v) is 3.66. The third-order valence-corrected chi connectivity index (χ3v) is 5.53. The fraction of sp³-hybridized carbons (Fsp3) is 0.125. The lowest BCUT2D eigenvalue weighted by atomic mass is 10.1. The Labute approximate surface area is 178 Å². The smallest absolute Gasteiger partial charge is 0.266 e. The van der Waals surface area contributed by atoms with E-state index in [9.17, 15) is 14.4 Å². The highest BCUT2D eigenvalue weighted by Crippen LogP contribution is 2.34. The molecule has 0 spiro atoms. The molecule has 2 aliphatic heterocycles. The van der Waals surface area contributed by atoms with Crippen LogP contribution in [-0.2, 0) is 0 Å². The van der Waals surface area contributed by atoms with Gasteiger partial charge in [0, 0.05) is 17.3 Å². The van der Waals surface area contributed by atoms with Crippen LogP contribution in [0.3, 0.4) is 0 Å². The van der Waals surface area contributed by atoms with E-state index in [0.29, 0.717) is 22.9 Å². The maximum atomic E-state index is 13.0. The number of nitrogens with one attached hydrogen (secondary N) is 1. The number of rotatable bonds is 3. The highest BCUT2D eigenvalue weighted by molar-refractivity contribution is 6.34. The van der Waals surface area contributed by atoms with Gasteiger partial charge in [-0.25, -0.2) is 4.90 Å². The first kappa shape index (κ1) is 18.9. The maximum Gasteiger partial charge on any atom is 0.266 e. The molecule has 31 heavy (non-hydrogen) atoms. The van der Waals surface area contributed by atoms with Crippen LogP contribution in [0.4, 0.5) is 11.4 Å². The average molecular weight is 414 g/mol. The summed E-state index contributed by atoms with van der Waals surface area (Å²) in [6, 6.07) is 15.0. The second-order valence-corrected chi connectivity index (χ2v) is 7.50. The molecule has 3 aromatic rings. The second kappa shape index (κ2) is 6.98. The van der Waals surface area contributed by atoms with Crippen LogP contribution in [0.15, 0.2) is 54.6 Å². The quantitative estimate of drug-likeness (QED) is 0.653. The summed E-state index contributed by atoms with van der Waals surface area (Å²) in [7, 11) is 0. The molecule has 5 rings (SSSR count). The average Bonchev–Trinajstić information content (AvgIpc) is 3.32. The van der Waals surface area contributed by atoms with Crippen molar-refractivity contribution in [2.45, 2.75) is 13.8 Å². The summed E-state index contributed by atoms with van der Waals surface area (Å²) in [5.74, 6) is -0.0684. The molecule has 0 unspecified atom stereocenters. The van der Waals surface area contributed by atoms with Gasteiger partial charge in [-0.15, -0.1) is 0 Å². The van der Waals surface area contributed by atoms with Crippen LogP contribution in [0, 0.1) is 13.8 Å². The minimum absolute atomic E-state index is 0.144. The molecule has 7 nitrogen and oxygen atoms in total. The lowest BCUT2D eigenvalue weighted by Crippen LogP contribution is -2.29. The Balaban J connectivity index is 1.42. The summed E-state index contributed by atoms with van der Waals surface area (Å²) in [5, 5.41) is 2.78. The summed E-state index contributed by atoms with van der Waals surface area (Å²) in [6.45, 7) is 4.03. The zero-order valence-electron chi connectivity index (χ0n) is 16.9. The summed E-state index contributed by atoms with van der Waals surface area (Å²) < 4.78 is 10.6. The van der Waals surface area contributed by atoms with E-state index in [1.165, 1.54) is 18.2 Å². The number of carbonyl (C=O) groups excluding carboxylic acids is 3. The molecule has 3 amide bonds. The molecule has 0 saturated carbocycles. The zero-order chi connectivity index (χ0) is 21.7. The second-order valence-electron chi connectivity index (χ2n) is 7.50. The van der Waals surface area contributed by atoms with E-state index in [0.717, 1.165) is 16.0 Å². The normalized spacial score (nSPS) is 14.1. The van der Waals surface area contributed by atoms with Gasteiger partial charge >= 0.3 is 0 Å². The van der Waals surface area contributed by atoms with Crippen LogP contribution in [0.1, 0.15) is 42.2 Å². The molecule has 2 heterocycles. The Hall–Kier alpha value is -4.13. The van der Waals surface area contributed by atoms with Gasteiger partial charge in [0.05, 0.1) is 16.8 Å². The minimum Gasteiger partial charge on any atom is -0.454 e. The van der Waals surface area contributed by atoms with Crippen molar-refractivity contribution in [1.29, 1.82) is 0 Å². The van der Waals surface area contributed by atoms with Gasteiger partial charge in [-0.3, -0.25) is 14.4 Å². The molecule has 0 aromatic heterocycles. The van der Waals surface area contributed by atoms with Crippen LogP contribution < -0.4 is 19.7 Å². The van der Waals surface area contributed by atoms with Crippen molar-refractivity contribution in [2.75, 3.05) is 17.0 Å². The Bertz CT molecular complexity index is 1280. The number of nitrogens with zero attached hydrogens (tertiary/aromatic N) is 1. The maximum absolute atomic E-state index is 13.0. The standard InChI is InChI=1S/C24H18N2O5/c1-13-3-6-17(9-14(13)2)26-23(28)18-7-4-15(10-19(18)24(26)29)22(27)25-16-5-8-20-21(11-16)31-12-30-20/h3-11H,12H2,1-2H3,(H,25,27). The zero-order valence-corrected chi connectivity index (χ0v) is 16.9. The van der Waals surface area contributed by atoms with E-state index in [1.807, 2.05) is 26.0 Å². The first-order valence-electron chi connectivity index (χ1n) is 9.73. The number of ether oxygens (including phenoxy) is 2. The topological polar surface area (TPSA) is 84.9 Å². The first-order chi connectivity index (χ1) is 14.9. The van der Waals surface area contributed by atoms with Crippen molar-refractivity contribution in [3.63, 3.8) is 0 Å². The molecule has 7 heteroatoms. The molecule has 0 aliphatic carbocycles. The van der Waals surface area contributed by atoms with Gasteiger partial charge in [-0.1, -0.05) is 6.07 Å². The molecular formula is C24H18N2O5. The summed E-state index contributed by atoms with van der Waals surface area (Å²) in [5.41, 5.74) is 3.87. The van der Waals surface area contributed by atoms with Crippen molar-refractivity contribution in [2.24, 2.45) is 0 Å². The number of aryl methyl sites for hydroxylation is 2. The van der Waals surface area contributed by atoms with Crippen LogP contribution in [0.2, 0.25) is 0 Å². The van der Waals surface area contributed by atoms with Crippen molar-refractivity contribution in [3.8, 4) is 11.5 Å². The largest absolute Gasteiger partial charge is 0.454 e. The van der Waals surface area contributed by atoms with Gasteiger partial charge in [0.25, 0.3) is 17.7 Å². The number of amides is 3. The molecule has 0 bridgehead atoms. The lowest BCUT2D eigenvalue weighted by molar-refractivity contribution is 0.0925. The van der Waals surface area contributed by atoms with Gasteiger partial charge in [0.2, 0.25) is 6.79 Å². The lowest BCUT2D eigenvalue weighted by Gasteiger charge is -2.15. The molecule has 0 radical (unpaired) electrons. The minimum atomic E-state index is -0.444. The fourth-order valence-electron chi connectivity index (χ4n) is 3.66. The SMILES string of the molecule is Cc1ccc(N2C(=O)c3ccc(C(=O)Nc4ccc5c(c4)OCO5)cc3C2=O)cc1C. The molecular weight excluding hydrogens is 396 g/mol. The van der Waals surface area contributed by atoms with Crippen molar-refractivity contribution < 1.29 is 23.9 Å². The van der Waals surface area contributed by atoms with E-state index in [-0.39, 0.29) is 23.5 Å². The van der Waals surface area contributed by atoms with Gasteiger partial charge < -0.3 is 14.8 Å². The number of fused-ring (bicyclic) bond motifs is 2. The van der Waals surface area contributed by atoms with E-state index < -0.39 is 17.7 Å². The molecule has 2 aliphatic rings. The van der Waals surface area contributed by atoms with Crippen molar-refractivity contribution in [1.82, 2.24) is 0 Å². The predicted molar refractivity (Wildman–Crippen MR) is 114 cm³/mol. The number of hydrogen-bond acceptors (Lipinski definition) is 5. The highest BCUT2D eigenvalue weighted by atomic mass is 16.7. The number of imide groups is 1. The molecule has 3 aromatic carbocycles. The van der Waals surface area contributed by atoms with Crippen LogP contribution >= 0.6 is 0 Å². The van der Waals surface area contributed by atoms with E-state index >= 15 is 0 Å². The highest BCUT2D eigenvalue weighted by Gasteiger charge is 2.37. The number of benzene rings is 3. The van der Waals surface area contributed by atoms with E-state index in [2.05, 4.69) is 5.32 Å².